The first kappa shape index (κ1) is 38.0. The highest BCUT2D eigenvalue weighted by Gasteiger charge is 2.51. The fourth-order valence-corrected chi connectivity index (χ4v) is 9.92. The van der Waals surface area contributed by atoms with Gasteiger partial charge in [0.05, 0.1) is 26.9 Å². The summed E-state index contributed by atoms with van der Waals surface area (Å²) in [6.07, 6.45) is 2.05. The normalized spacial score (nSPS) is 23.5. The van der Waals surface area contributed by atoms with E-state index in [0.717, 1.165) is 53.1 Å². The third kappa shape index (κ3) is 7.61. The van der Waals surface area contributed by atoms with Gasteiger partial charge in [0.25, 0.3) is 8.53 Å². The van der Waals surface area contributed by atoms with Gasteiger partial charge in [-0.3, -0.25) is 9.36 Å². The molecule has 3 aliphatic rings. The molecule has 0 spiro atoms. The topological polar surface area (TPSA) is 123 Å². The molecule has 3 unspecified atom stereocenters. The smallest absolute Gasteiger partial charge is 0.351 e. The SMILES string of the molecule is COc1ccc(C(OCC2OC(n3ccc(NC(C)=O)nc3=O)CC2O[P@]2O[C@@H](c3ccccc3)[C@H]3CCCN32)(c2ccccc2)c2ccc(OC)cc2)cc1. The van der Waals surface area contributed by atoms with E-state index in [2.05, 4.69) is 39.2 Å². The Balaban J connectivity index is 1.16. The minimum absolute atomic E-state index is 0.0923. The zero-order valence-electron chi connectivity index (χ0n) is 31.5. The number of amides is 1. The molecule has 8 rings (SSSR count). The molecule has 3 saturated heterocycles. The molecule has 4 aromatic carbocycles. The lowest BCUT2D eigenvalue weighted by molar-refractivity contribution is -0.114. The molecule has 3 fully saturated rings. The van der Waals surface area contributed by atoms with E-state index in [4.69, 9.17) is 28.0 Å². The maximum Gasteiger partial charge on any atom is 0.351 e. The van der Waals surface area contributed by atoms with Crippen LogP contribution in [0.25, 0.3) is 0 Å². The van der Waals surface area contributed by atoms with Crippen molar-refractivity contribution in [3.63, 3.8) is 0 Å². The molecule has 6 atom stereocenters. The van der Waals surface area contributed by atoms with Crippen LogP contribution < -0.4 is 20.5 Å². The largest absolute Gasteiger partial charge is 0.497 e. The number of methoxy groups -OCH3 is 2. The third-order valence-electron chi connectivity index (χ3n) is 10.6. The summed E-state index contributed by atoms with van der Waals surface area (Å²) in [6.45, 7) is 2.33. The minimum atomic E-state index is -1.46. The number of fused-ring (bicyclic) bond motifs is 1. The van der Waals surface area contributed by atoms with Crippen LogP contribution in [0.1, 0.15) is 60.8 Å². The van der Waals surface area contributed by atoms with Gasteiger partial charge in [-0.05, 0) is 65.4 Å². The standard InChI is InChI=1S/C43H45N4O8P/c1-29(48)44-39-24-26-46(42(49)45-39)40-27-37(54-56-47-25-10-15-36(47)41(55-56)30-11-6-4-7-12-30)38(53-40)28-52-43(31-13-8-5-9-14-31,32-16-20-34(50-2)21-17-32)33-18-22-35(51-3)23-19-33/h4-9,11-14,16-24,26,36-38,40-41H,10,15,25,27-28H2,1-3H3,(H,44,45,48,49)/t36-,37?,38?,40?,41+,56-/m1/s1. The van der Waals surface area contributed by atoms with Crippen molar-refractivity contribution < 1.29 is 32.8 Å². The predicted molar refractivity (Wildman–Crippen MR) is 211 cm³/mol. The first-order valence-electron chi connectivity index (χ1n) is 18.8. The lowest BCUT2D eigenvalue weighted by Crippen LogP contribution is -2.38. The van der Waals surface area contributed by atoms with Crippen LogP contribution >= 0.6 is 8.53 Å². The molecule has 12 nitrogen and oxygen atoms in total. The van der Waals surface area contributed by atoms with E-state index >= 15 is 0 Å². The third-order valence-corrected chi connectivity index (χ3v) is 12.4. The first-order chi connectivity index (χ1) is 27.4. The highest BCUT2D eigenvalue weighted by atomic mass is 31.2. The van der Waals surface area contributed by atoms with Gasteiger partial charge in [-0.1, -0.05) is 84.9 Å². The van der Waals surface area contributed by atoms with E-state index in [1.54, 1.807) is 26.5 Å². The van der Waals surface area contributed by atoms with Gasteiger partial charge in [-0.2, -0.15) is 4.98 Å². The fourth-order valence-electron chi connectivity index (χ4n) is 7.94. The molecule has 1 N–H and O–H groups in total. The van der Waals surface area contributed by atoms with Crippen LogP contribution in [-0.4, -0.2) is 65.7 Å². The highest BCUT2D eigenvalue weighted by Crippen LogP contribution is 2.61. The molecule has 13 heteroatoms. The maximum absolute atomic E-state index is 13.4. The molecule has 290 valence electrons. The van der Waals surface area contributed by atoms with Crippen LogP contribution in [0.15, 0.2) is 126 Å². The number of nitrogens with zero attached hydrogens (tertiary/aromatic N) is 3. The zero-order valence-corrected chi connectivity index (χ0v) is 32.4. The molecular formula is C43H45N4O8P. The summed E-state index contributed by atoms with van der Waals surface area (Å²) in [5, 5.41) is 2.58. The number of ether oxygens (including phenoxy) is 4. The quantitative estimate of drug-likeness (QED) is 0.0959. The van der Waals surface area contributed by atoms with Gasteiger partial charge in [-0.25, -0.2) is 9.46 Å². The molecule has 0 bridgehead atoms. The molecule has 1 aromatic heterocycles. The number of anilines is 1. The molecule has 56 heavy (non-hydrogen) atoms. The van der Waals surface area contributed by atoms with E-state index in [1.807, 2.05) is 84.9 Å². The van der Waals surface area contributed by atoms with Crippen LogP contribution in [0.2, 0.25) is 0 Å². The molecule has 0 radical (unpaired) electrons. The highest BCUT2D eigenvalue weighted by molar-refractivity contribution is 7.45. The van der Waals surface area contributed by atoms with Crippen molar-refractivity contribution in [2.24, 2.45) is 0 Å². The summed E-state index contributed by atoms with van der Waals surface area (Å²) < 4.78 is 42.7. The summed E-state index contributed by atoms with van der Waals surface area (Å²) >= 11 is 0. The average molecular weight is 777 g/mol. The molecule has 5 aromatic rings. The second-order valence-electron chi connectivity index (χ2n) is 14.1. The Morgan fingerprint density at radius 1 is 0.875 bits per heavy atom. The van der Waals surface area contributed by atoms with Crippen LogP contribution in [0.3, 0.4) is 0 Å². The molecular weight excluding hydrogens is 731 g/mol. The van der Waals surface area contributed by atoms with Gasteiger partial charge >= 0.3 is 5.69 Å². The van der Waals surface area contributed by atoms with Crippen molar-refractivity contribution in [1.29, 1.82) is 0 Å². The number of rotatable bonds is 13. The van der Waals surface area contributed by atoms with Crippen molar-refractivity contribution >= 4 is 20.3 Å². The van der Waals surface area contributed by atoms with E-state index in [1.165, 1.54) is 11.5 Å². The van der Waals surface area contributed by atoms with E-state index in [9.17, 15) is 9.59 Å². The van der Waals surface area contributed by atoms with Crippen LogP contribution in [0, 0.1) is 0 Å². The second kappa shape index (κ2) is 16.7. The van der Waals surface area contributed by atoms with Gasteiger partial charge in [0.2, 0.25) is 5.91 Å². The van der Waals surface area contributed by atoms with Crippen molar-refractivity contribution in [2.75, 3.05) is 32.7 Å². The Labute approximate surface area is 327 Å². The van der Waals surface area contributed by atoms with E-state index in [0.29, 0.717) is 6.42 Å². The first-order valence-corrected chi connectivity index (χ1v) is 20.0. The van der Waals surface area contributed by atoms with Gasteiger partial charge in [0.1, 0.15) is 41.4 Å². The Hall–Kier alpha value is -4.94. The summed E-state index contributed by atoms with van der Waals surface area (Å²) in [7, 11) is 1.83. The van der Waals surface area contributed by atoms with Crippen molar-refractivity contribution in [3.8, 4) is 11.5 Å². The van der Waals surface area contributed by atoms with E-state index < -0.39 is 38.3 Å². The number of hydrogen-bond acceptors (Lipinski definition) is 10. The Kier molecular flexibility index (Phi) is 11.3. The summed E-state index contributed by atoms with van der Waals surface area (Å²) in [5.41, 5.74) is 2.14. The Bertz CT molecular complexity index is 2110. The monoisotopic (exact) mass is 776 g/mol. The zero-order chi connectivity index (χ0) is 38.6. The summed E-state index contributed by atoms with van der Waals surface area (Å²) in [5.74, 6) is 1.29. The van der Waals surface area contributed by atoms with Crippen molar-refractivity contribution in [1.82, 2.24) is 14.2 Å². The lowest BCUT2D eigenvalue weighted by Gasteiger charge is -2.37. The molecule has 1 amide bonds. The molecule has 4 heterocycles. The van der Waals surface area contributed by atoms with Crippen LogP contribution in [0.4, 0.5) is 5.82 Å². The molecule has 3 aliphatic heterocycles. The summed E-state index contributed by atoms with van der Waals surface area (Å²) in [4.78, 5) is 29.2. The number of carbonyl (C=O) groups excluding carboxylic acids is 1. The van der Waals surface area contributed by atoms with Gasteiger partial charge in [-0.15, -0.1) is 0 Å². The van der Waals surface area contributed by atoms with E-state index in [-0.39, 0.29) is 30.5 Å². The number of aromatic nitrogens is 2. The second-order valence-corrected chi connectivity index (χ2v) is 15.5. The van der Waals surface area contributed by atoms with Crippen LogP contribution in [0.5, 0.6) is 11.5 Å². The van der Waals surface area contributed by atoms with Crippen molar-refractivity contribution in [3.05, 3.63) is 154 Å². The predicted octanol–water partition coefficient (Wildman–Crippen LogP) is 7.36. The van der Waals surface area contributed by atoms with Crippen LogP contribution in [-0.2, 0) is 28.9 Å². The Morgan fingerprint density at radius 2 is 1.50 bits per heavy atom. The fraction of sp³-hybridized carbons (Fsp3) is 0.326. The Morgan fingerprint density at radius 3 is 2.11 bits per heavy atom. The van der Waals surface area contributed by atoms with Crippen molar-refractivity contribution in [2.45, 2.75) is 62.4 Å². The number of hydrogen-bond donors (Lipinski definition) is 1. The summed E-state index contributed by atoms with van der Waals surface area (Å²) in [6, 6.07) is 37.9. The molecule has 0 aliphatic carbocycles. The minimum Gasteiger partial charge on any atom is -0.497 e. The molecule has 0 saturated carbocycles. The van der Waals surface area contributed by atoms with Gasteiger partial charge in [0.15, 0.2) is 0 Å². The maximum atomic E-state index is 13.4. The van der Waals surface area contributed by atoms with Gasteiger partial charge in [0, 0.05) is 32.1 Å². The number of benzene rings is 4. The number of carbonyl (C=O) groups is 1. The van der Waals surface area contributed by atoms with Gasteiger partial charge < -0.3 is 33.3 Å². The average Bonchev–Trinajstić information content (AvgIpc) is 3.96. The lowest BCUT2D eigenvalue weighted by atomic mass is 9.80. The number of nitrogens with one attached hydrogen (secondary N) is 1.